The minimum atomic E-state index is -0.392. The number of benzene rings is 2. The molecule has 5 heteroatoms. The van der Waals surface area contributed by atoms with Gasteiger partial charge < -0.3 is 5.32 Å². The highest BCUT2D eigenvalue weighted by molar-refractivity contribution is 6.30. The fourth-order valence-electron chi connectivity index (χ4n) is 2.14. The number of hydrazone groups is 1. The normalized spacial score (nSPS) is 12.2. The molecule has 1 atom stereocenters. The van der Waals surface area contributed by atoms with Gasteiger partial charge in [0.2, 0.25) is 0 Å². The van der Waals surface area contributed by atoms with E-state index in [0.29, 0.717) is 5.02 Å². The van der Waals surface area contributed by atoms with Crippen LogP contribution >= 0.6 is 11.6 Å². The van der Waals surface area contributed by atoms with E-state index in [0.717, 1.165) is 22.4 Å². The number of rotatable bonds is 5. The molecule has 0 fully saturated rings. The SMILES string of the molecule is Cc1cccc(C)c1NC(C)C(=O)NN=Cc1ccc(Cl)cc1. The summed E-state index contributed by atoms with van der Waals surface area (Å²) in [5.74, 6) is -0.196. The molecule has 2 aromatic carbocycles. The Hall–Kier alpha value is -2.33. The van der Waals surface area contributed by atoms with Crippen molar-refractivity contribution in [2.45, 2.75) is 26.8 Å². The Kier molecular flexibility index (Phi) is 5.77. The van der Waals surface area contributed by atoms with Crippen LogP contribution in [0.1, 0.15) is 23.6 Å². The van der Waals surface area contributed by atoms with Gasteiger partial charge in [0.05, 0.1) is 6.21 Å². The Morgan fingerprint density at radius 1 is 1.13 bits per heavy atom. The summed E-state index contributed by atoms with van der Waals surface area (Å²) in [6.07, 6.45) is 1.58. The number of amides is 1. The number of aryl methyl sites for hydroxylation is 2. The summed E-state index contributed by atoms with van der Waals surface area (Å²) in [5.41, 5.74) is 6.60. The second kappa shape index (κ2) is 7.79. The molecule has 2 aromatic rings. The maximum absolute atomic E-state index is 12.1. The van der Waals surface area contributed by atoms with Gasteiger partial charge in [-0.3, -0.25) is 4.79 Å². The molecule has 0 heterocycles. The second-order valence-corrected chi connectivity index (χ2v) is 5.86. The molecule has 0 saturated heterocycles. The van der Waals surface area contributed by atoms with Crippen molar-refractivity contribution in [1.82, 2.24) is 5.43 Å². The van der Waals surface area contributed by atoms with E-state index in [1.54, 1.807) is 25.3 Å². The fraction of sp³-hybridized carbons (Fsp3) is 0.222. The van der Waals surface area contributed by atoms with Gasteiger partial charge in [-0.2, -0.15) is 5.10 Å². The monoisotopic (exact) mass is 329 g/mol. The average Bonchev–Trinajstić information content (AvgIpc) is 2.52. The van der Waals surface area contributed by atoms with Crippen molar-refractivity contribution in [2.24, 2.45) is 5.10 Å². The Labute approximate surface area is 141 Å². The highest BCUT2D eigenvalue weighted by Gasteiger charge is 2.13. The molecule has 0 radical (unpaired) electrons. The Bertz CT molecular complexity index is 690. The summed E-state index contributed by atoms with van der Waals surface area (Å²) in [6.45, 7) is 5.83. The lowest BCUT2D eigenvalue weighted by atomic mass is 10.1. The average molecular weight is 330 g/mol. The van der Waals surface area contributed by atoms with Crippen LogP contribution in [0.15, 0.2) is 47.6 Å². The third-order valence-electron chi connectivity index (χ3n) is 3.49. The van der Waals surface area contributed by atoms with Crippen molar-refractivity contribution in [2.75, 3.05) is 5.32 Å². The van der Waals surface area contributed by atoms with Crippen LogP contribution in [0.2, 0.25) is 5.02 Å². The third kappa shape index (κ3) is 4.83. The van der Waals surface area contributed by atoms with Crippen molar-refractivity contribution >= 4 is 29.4 Å². The molecule has 1 amide bonds. The van der Waals surface area contributed by atoms with Gasteiger partial charge in [0.1, 0.15) is 6.04 Å². The van der Waals surface area contributed by atoms with Crippen LogP contribution in [0.5, 0.6) is 0 Å². The number of carbonyl (C=O) groups excluding carboxylic acids is 1. The predicted molar refractivity (Wildman–Crippen MR) is 96.2 cm³/mol. The van der Waals surface area contributed by atoms with Gasteiger partial charge in [-0.15, -0.1) is 0 Å². The molecular formula is C18H20ClN3O. The molecule has 0 aromatic heterocycles. The molecule has 2 rings (SSSR count). The fourth-order valence-corrected chi connectivity index (χ4v) is 2.27. The van der Waals surface area contributed by atoms with E-state index < -0.39 is 6.04 Å². The number of hydrogen-bond donors (Lipinski definition) is 2. The molecule has 0 saturated carbocycles. The minimum Gasteiger partial charge on any atom is -0.373 e. The zero-order chi connectivity index (χ0) is 16.8. The van der Waals surface area contributed by atoms with Gasteiger partial charge in [-0.1, -0.05) is 41.9 Å². The van der Waals surface area contributed by atoms with E-state index >= 15 is 0 Å². The molecule has 0 bridgehead atoms. The van der Waals surface area contributed by atoms with E-state index in [4.69, 9.17) is 11.6 Å². The van der Waals surface area contributed by atoms with Crippen LogP contribution in [0, 0.1) is 13.8 Å². The summed E-state index contributed by atoms with van der Waals surface area (Å²) in [4.78, 5) is 12.1. The molecule has 23 heavy (non-hydrogen) atoms. The minimum absolute atomic E-state index is 0.196. The number of nitrogens with zero attached hydrogens (tertiary/aromatic N) is 1. The van der Waals surface area contributed by atoms with Crippen molar-refractivity contribution in [3.8, 4) is 0 Å². The standard InChI is InChI=1S/C18H20ClN3O/c1-12-5-4-6-13(2)17(12)21-14(3)18(23)22-20-11-15-7-9-16(19)10-8-15/h4-11,14,21H,1-3H3,(H,22,23). The van der Waals surface area contributed by atoms with Crippen molar-refractivity contribution in [3.05, 3.63) is 64.2 Å². The topological polar surface area (TPSA) is 53.5 Å². The number of anilines is 1. The van der Waals surface area contributed by atoms with E-state index in [-0.39, 0.29) is 5.91 Å². The zero-order valence-electron chi connectivity index (χ0n) is 13.4. The molecular weight excluding hydrogens is 310 g/mol. The van der Waals surface area contributed by atoms with Crippen molar-refractivity contribution < 1.29 is 4.79 Å². The molecule has 0 aliphatic heterocycles. The van der Waals surface area contributed by atoms with Gasteiger partial charge in [0, 0.05) is 10.7 Å². The number of hydrogen-bond acceptors (Lipinski definition) is 3. The number of carbonyl (C=O) groups is 1. The Balaban J connectivity index is 1.94. The first kappa shape index (κ1) is 17.0. The number of nitrogens with one attached hydrogen (secondary N) is 2. The van der Waals surface area contributed by atoms with Crippen LogP contribution in [-0.4, -0.2) is 18.2 Å². The number of halogens is 1. The Morgan fingerprint density at radius 3 is 2.35 bits per heavy atom. The maximum Gasteiger partial charge on any atom is 0.262 e. The molecule has 0 spiro atoms. The molecule has 0 aliphatic rings. The first-order valence-corrected chi connectivity index (χ1v) is 7.76. The molecule has 0 aliphatic carbocycles. The first-order chi connectivity index (χ1) is 11.0. The summed E-state index contributed by atoms with van der Waals surface area (Å²) in [7, 11) is 0. The van der Waals surface area contributed by atoms with Gasteiger partial charge in [0.15, 0.2) is 0 Å². The lowest BCUT2D eigenvalue weighted by Gasteiger charge is -2.17. The highest BCUT2D eigenvalue weighted by atomic mass is 35.5. The lowest BCUT2D eigenvalue weighted by Crippen LogP contribution is -2.35. The van der Waals surface area contributed by atoms with Gasteiger partial charge in [0.25, 0.3) is 5.91 Å². The predicted octanol–water partition coefficient (Wildman–Crippen LogP) is 3.91. The summed E-state index contributed by atoms with van der Waals surface area (Å²) in [6, 6.07) is 12.8. The van der Waals surface area contributed by atoms with E-state index in [1.807, 2.05) is 44.2 Å². The van der Waals surface area contributed by atoms with Crippen molar-refractivity contribution in [3.63, 3.8) is 0 Å². The van der Waals surface area contributed by atoms with E-state index in [1.165, 1.54) is 0 Å². The van der Waals surface area contributed by atoms with Gasteiger partial charge >= 0.3 is 0 Å². The molecule has 120 valence electrons. The smallest absolute Gasteiger partial charge is 0.262 e. The van der Waals surface area contributed by atoms with Gasteiger partial charge in [-0.05, 0) is 49.6 Å². The van der Waals surface area contributed by atoms with Crippen LogP contribution in [-0.2, 0) is 4.79 Å². The van der Waals surface area contributed by atoms with E-state index in [2.05, 4.69) is 15.8 Å². The largest absolute Gasteiger partial charge is 0.373 e. The van der Waals surface area contributed by atoms with Gasteiger partial charge in [-0.25, -0.2) is 5.43 Å². The van der Waals surface area contributed by atoms with Crippen molar-refractivity contribution in [1.29, 1.82) is 0 Å². The quantitative estimate of drug-likeness (QED) is 0.645. The molecule has 1 unspecified atom stereocenters. The van der Waals surface area contributed by atoms with Crippen LogP contribution in [0.25, 0.3) is 0 Å². The third-order valence-corrected chi connectivity index (χ3v) is 3.75. The zero-order valence-corrected chi connectivity index (χ0v) is 14.2. The highest BCUT2D eigenvalue weighted by Crippen LogP contribution is 2.20. The summed E-state index contributed by atoms with van der Waals surface area (Å²) >= 11 is 5.82. The first-order valence-electron chi connectivity index (χ1n) is 7.38. The summed E-state index contributed by atoms with van der Waals surface area (Å²) < 4.78 is 0. The van der Waals surface area contributed by atoms with E-state index in [9.17, 15) is 4.79 Å². The molecule has 2 N–H and O–H groups in total. The lowest BCUT2D eigenvalue weighted by molar-refractivity contribution is -0.121. The number of para-hydroxylation sites is 1. The summed E-state index contributed by atoms with van der Waals surface area (Å²) in [5, 5.41) is 7.87. The van der Waals surface area contributed by atoms with Crippen LogP contribution in [0.4, 0.5) is 5.69 Å². The van der Waals surface area contributed by atoms with Crippen LogP contribution in [0.3, 0.4) is 0 Å². The Morgan fingerprint density at radius 2 is 1.74 bits per heavy atom. The molecule has 4 nitrogen and oxygen atoms in total. The maximum atomic E-state index is 12.1. The second-order valence-electron chi connectivity index (χ2n) is 5.42. The van der Waals surface area contributed by atoms with Crippen LogP contribution < -0.4 is 10.7 Å².